The molecule has 1 unspecified atom stereocenters. The highest BCUT2D eigenvalue weighted by atomic mass is 35.5. The van der Waals surface area contributed by atoms with Crippen LogP contribution in [0.3, 0.4) is 0 Å². The number of hydrogen-bond donors (Lipinski definition) is 2. The molecular weight excluding hydrogens is 376 g/mol. The molecule has 28 heavy (non-hydrogen) atoms. The third-order valence-electron chi connectivity index (χ3n) is 4.67. The van der Waals surface area contributed by atoms with Gasteiger partial charge in [-0.3, -0.25) is 4.79 Å². The van der Waals surface area contributed by atoms with E-state index < -0.39 is 6.04 Å². The SMILES string of the molecule is COc1ccccc1C(NC(=O)c1cc2cc(Cl)ccc2[nH]1)c1nccn1C. The predicted octanol–water partition coefficient (Wildman–Crippen LogP) is 4.08. The lowest BCUT2D eigenvalue weighted by Gasteiger charge is -2.21. The summed E-state index contributed by atoms with van der Waals surface area (Å²) in [6.07, 6.45) is 3.55. The lowest BCUT2D eigenvalue weighted by atomic mass is 10.0. The second-order valence-electron chi connectivity index (χ2n) is 6.46. The monoisotopic (exact) mass is 394 g/mol. The Morgan fingerprint density at radius 3 is 2.82 bits per heavy atom. The Balaban J connectivity index is 1.72. The number of aromatic amines is 1. The molecule has 4 rings (SSSR count). The van der Waals surface area contributed by atoms with Gasteiger partial charge in [0.1, 0.15) is 23.3 Å². The van der Waals surface area contributed by atoms with E-state index in [-0.39, 0.29) is 5.91 Å². The van der Waals surface area contributed by atoms with Crippen molar-refractivity contribution in [3.8, 4) is 5.75 Å². The number of carbonyl (C=O) groups excluding carboxylic acids is 1. The number of nitrogens with zero attached hydrogens (tertiary/aromatic N) is 2. The number of aryl methyl sites for hydroxylation is 1. The molecule has 0 spiro atoms. The van der Waals surface area contributed by atoms with Crippen LogP contribution in [-0.4, -0.2) is 27.6 Å². The number of methoxy groups -OCH3 is 1. The number of fused-ring (bicyclic) bond motifs is 1. The summed E-state index contributed by atoms with van der Waals surface area (Å²) >= 11 is 6.05. The summed E-state index contributed by atoms with van der Waals surface area (Å²) < 4.78 is 7.38. The first kappa shape index (κ1) is 18.1. The standard InChI is InChI=1S/C21H19ClN4O2/c1-26-10-9-23-20(26)19(15-5-3-4-6-18(15)28-2)25-21(27)17-12-13-11-14(22)7-8-16(13)24-17/h3-12,19,24H,1-2H3,(H,25,27). The molecule has 2 aromatic carbocycles. The number of rotatable bonds is 5. The van der Waals surface area contributed by atoms with Crippen molar-refractivity contribution < 1.29 is 9.53 Å². The van der Waals surface area contributed by atoms with Crippen molar-refractivity contribution in [3.05, 3.63) is 83.0 Å². The van der Waals surface area contributed by atoms with Gasteiger partial charge >= 0.3 is 0 Å². The molecule has 1 amide bonds. The average molecular weight is 395 g/mol. The molecule has 142 valence electrons. The fourth-order valence-electron chi connectivity index (χ4n) is 3.28. The summed E-state index contributed by atoms with van der Waals surface area (Å²) in [7, 11) is 3.50. The van der Waals surface area contributed by atoms with E-state index in [9.17, 15) is 4.79 Å². The van der Waals surface area contributed by atoms with Crippen LogP contribution in [0.25, 0.3) is 10.9 Å². The number of ether oxygens (including phenoxy) is 1. The van der Waals surface area contributed by atoms with Gasteiger partial charge in [0.25, 0.3) is 5.91 Å². The van der Waals surface area contributed by atoms with E-state index in [0.29, 0.717) is 22.3 Å². The largest absolute Gasteiger partial charge is 0.496 e. The number of aromatic nitrogens is 3. The Bertz CT molecular complexity index is 1150. The highest BCUT2D eigenvalue weighted by Gasteiger charge is 2.25. The first-order valence-electron chi connectivity index (χ1n) is 8.76. The van der Waals surface area contributed by atoms with Gasteiger partial charge in [-0.15, -0.1) is 0 Å². The Hall–Kier alpha value is -3.25. The van der Waals surface area contributed by atoms with Crippen molar-refractivity contribution in [2.45, 2.75) is 6.04 Å². The number of amides is 1. The van der Waals surface area contributed by atoms with Crippen LogP contribution in [-0.2, 0) is 7.05 Å². The number of nitrogens with one attached hydrogen (secondary N) is 2. The predicted molar refractivity (Wildman–Crippen MR) is 109 cm³/mol. The number of carbonyl (C=O) groups is 1. The molecule has 4 aromatic rings. The fourth-order valence-corrected chi connectivity index (χ4v) is 3.46. The zero-order chi connectivity index (χ0) is 19.7. The third-order valence-corrected chi connectivity index (χ3v) is 4.90. The Kier molecular flexibility index (Phi) is 4.79. The van der Waals surface area contributed by atoms with Gasteiger partial charge in [0.05, 0.1) is 7.11 Å². The van der Waals surface area contributed by atoms with E-state index in [1.807, 2.05) is 54.2 Å². The van der Waals surface area contributed by atoms with E-state index in [4.69, 9.17) is 16.3 Å². The molecular formula is C21H19ClN4O2. The van der Waals surface area contributed by atoms with Gasteiger partial charge in [-0.05, 0) is 30.3 Å². The van der Waals surface area contributed by atoms with E-state index >= 15 is 0 Å². The fraction of sp³-hybridized carbons (Fsp3) is 0.143. The summed E-state index contributed by atoms with van der Waals surface area (Å²) in [5.74, 6) is 1.14. The topological polar surface area (TPSA) is 71.9 Å². The Morgan fingerprint density at radius 2 is 2.07 bits per heavy atom. The summed E-state index contributed by atoms with van der Waals surface area (Å²) in [5.41, 5.74) is 2.12. The van der Waals surface area contributed by atoms with E-state index in [0.717, 1.165) is 16.5 Å². The summed E-state index contributed by atoms with van der Waals surface area (Å²) in [4.78, 5) is 20.6. The van der Waals surface area contributed by atoms with Crippen LogP contribution in [0.5, 0.6) is 5.75 Å². The van der Waals surface area contributed by atoms with Crippen LogP contribution in [0, 0.1) is 0 Å². The third kappa shape index (κ3) is 3.34. The lowest BCUT2D eigenvalue weighted by molar-refractivity contribution is 0.0936. The molecule has 2 aromatic heterocycles. The number of imidazole rings is 1. The highest BCUT2D eigenvalue weighted by molar-refractivity contribution is 6.31. The maximum absolute atomic E-state index is 13.0. The van der Waals surface area contributed by atoms with Gasteiger partial charge in [-0.1, -0.05) is 29.8 Å². The van der Waals surface area contributed by atoms with Gasteiger partial charge in [0.2, 0.25) is 0 Å². The zero-order valence-corrected chi connectivity index (χ0v) is 16.2. The number of benzene rings is 2. The molecule has 0 aliphatic rings. The molecule has 0 radical (unpaired) electrons. The van der Waals surface area contributed by atoms with Gasteiger partial charge in [-0.25, -0.2) is 4.98 Å². The highest BCUT2D eigenvalue weighted by Crippen LogP contribution is 2.29. The number of halogens is 1. The van der Waals surface area contributed by atoms with E-state index in [2.05, 4.69) is 15.3 Å². The minimum atomic E-state index is -0.473. The van der Waals surface area contributed by atoms with Gasteiger partial charge in [0, 0.05) is 40.9 Å². The first-order chi connectivity index (χ1) is 13.6. The maximum Gasteiger partial charge on any atom is 0.268 e. The second-order valence-corrected chi connectivity index (χ2v) is 6.90. The van der Waals surface area contributed by atoms with Gasteiger partial charge in [-0.2, -0.15) is 0 Å². The minimum Gasteiger partial charge on any atom is -0.496 e. The molecule has 0 aliphatic carbocycles. The maximum atomic E-state index is 13.0. The first-order valence-corrected chi connectivity index (χ1v) is 9.14. The van der Waals surface area contributed by atoms with Crippen molar-refractivity contribution in [3.63, 3.8) is 0 Å². The summed E-state index contributed by atoms with van der Waals surface area (Å²) in [6.45, 7) is 0. The summed E-state index contributed by atoms with van der Waals surface area (Å²) in [6, 6.07) is 14.4. The quantitative estimate of drug-likeness (QED) is 0.535. The Morgan fingerprint density at radius 1 is 1.25 bits per heavy atom. The number of H-pyrrole nitrogens is 1. The van der Waals surface area contributed by atoms with E-state index in [1.165, 1.54) is 0 Å². The van der Waals surface area contributed by atoms with Crippen molar-refractivity contribution in [2.75, 3.05) is 7.11 Å². The normalized spacial score (nSPS) is 12.1. The molecule has 6 nitrogen and oxygen atoms in total. The van der Waals surface area contributed by atoms with Crippen LogP contribution in [0.2, 0.25) is 5.02 Å². The molecule has 1 atom stereocenters. The minimum absolute atomic E-state index is 0.244. The van der Waals surface area contributed by atoms with Crippen molar-refractivity contribution in [1.29, 1.82) is 0 Å². The van der Waals surface area contributed by atoms with Crippen LogP contribution < -0.4 is 10.1 Å². The molecule has 0 fully saturated rings. The molecule has 7 heteroatoms. The molecule has 0 saturated carbocycles. The van der Waals surface area contributed by atoms with Gasteiger partial charge < -0.3 is 19.6 Å². The number of hydrogen-bond acceptors (Lipinski definition) is 3. The van der Waals surface area contributed by atoms with Crippen LogP contribution in [0.1, 0.15) is 27.9 Å². The lowest BCUT2D eigenvalue weighted by Crippen LogP contribution is -2.31. The second kappa shape index (κ2) is 7.40. The number of para-hydroxylation sites is 1. The summed E-state index contributed by atoms with van der Waals surface area (Å²) in [5, 5.41) is 4.58. The van der Waals surface area contributed by atoms with Gasteiger partial charge in [0.15, 0.2) is 0 Å². The van der Waals surface area contributed by atoms with Crippen molar-refractivity contribution in [2.24, 2.45) is 7.05 Å². The van der Waals surface area contributed by atoms with Crippen LogP contribution in [0.15, 0.2) is 60.9 Å². The molecule has 2 N–H and O–H groups in total. The van der Waals surface area contributed by atoms with Crippen LogP contribution >= 0.6 is 11.6 Å². The Labute approximate surface area is 167 Å². The van der Waals surface area contributed by atoms with Crippen molar-refractivity contribution >= 4 is 28.4 Å². The van der Waals surface area contributed by atoms with Crippen molar-refractivity contribution in [1.82, 2.24) is 19.9 Å². The molecule has 0 aliphatic heterocycles. The van der Waals surface area contributed by atoms with E-state index in [1.54, 1.807) is 25.4 Å². The molecule has 0 saturated heterocycles. The molecule has 2 heterocycles. The smallest absolute Gasteiger partial charge is 0.268 e. The zero-order valence-electron chi connectivity index (χ0n) is 15.4. The average Bonchev–Trinajstić information content (AvgIpc) is 3.31. The van der Waals surface area contributed by atoms with Crippen LogP contribution in [0.4, 0.5) is 0 Å². The molecule has 0 bridgehead atoms.